The van der Waals surface area contributed by atoms with E-state index in [0.717, 1.165) is 21.9 Å². The van der Waals surface area contributed by atoms with E-state index in [1.54, 1.807) is 24.4 Å². The predicted octanol–water partition coefficient (Wildman–Crippen LogP) is 5.18. The van der Waals surface area contributed by atoms with Crippen molar-refractivity contribution in [1.82, 2.24) is 5.43 Å². The Balaban J connectivity index is 1.43. The van der Waals surface area contributed by atoms with Gasteiger partial charge in [0.15, 0.2) is 0 Å². The molecule has 142 valence electrons. The minimum Gasteiger partial charge on any atom is -0.488 e. The summed E-state index contributed by atoms with van der Waals surface area (Å²) in [5.41, 5.74) is 4.98. The molecule has 29 heavy (non-hydrogen) atoms. The normalized spacial score (nSPS) is 10.9. The van der Waals surface area contributed by atoms with Crippen LogP contribution in [0.25, 0.3) is 10.8 Å². The van der Waals surface area contributed by atoms with Gasteiger partial charge in [-0.2, -0.15) is 5.10 Å². The van der Waals surface area contributed by atoms with Gasteiger partial charge < -0.3 is 4.74 Å². The van der Waals surface area contributed by atoms with E-state index >= 15 is 0 Å². The Morgan fingerprint density at radius 3 is 2.41 bits per heavy atom. The molecule has 4 aromatic carbocycles. The van der Waals surface area contributed by atoms with Gasteiger partial charge in [0.2, 0.25) is 0 Å². The lowest BCUT2D eigenvalue weighted by Crippen LogP contribution is -2.18. The van der Waals surface area contributed by atoms with Gasteiger partial charge in [-0.05, 0) is 40.1 Å². The van der Waals surface area contributed by atoms with Crippen molar-refractivity contribution < 1.29 is 9.53 Å². The average molecular weight is 380 g/mol. The number of hydrazone groups is 1. The Morgan fingerprint density at radius 1 is 0.828 bits per heavy atom. The summed E-state index contributed by atoms with van der Waals surface area (Å²) >= 11 is 0. The van der Waals surface area contributed by atoms with Gasteiger partial charge in [0.25, 0.3) is 5.91 Å². The van der Waals surface area contributed by atoms with Gasteiger partial charge in [-0.15, -0.1) is 0 Å². The molecule has 0 aliphatic rings. The van der Waals surface area contributed by atoms with Crippen molar-refractivity contribution in [3.05, 3.63) is 114 Å². The first-order valence-electron chi connectivity index (χ1n) is 9.37. The highest BCUT2D eigenvalue weighted by Gasteiger charge is 2.11. The lowest BCUT2D eigenvalue weighted by Gasteiger charge is -2.10. The molecule has 0 radical (unpaired) electrons. The Kier molecular flexibility index (Phi) is 5.63. The van der Waals surface area contributed by atoms with Crippen LogP contribution in [-0.4, -0.2) is 12.1 Å². The summed E-state index contributed by atoms with van der Waals surface area (Å²) in [5.74, 6) is 0.209. The van der Waals surface area contributed by atoms with Gasteiger partial charge in [0.1, 0.15) is 12.4 Å². The van der Waals surface area contributed by atoms with E-state index in [1.165, 1.54) is 0 Å². The Hall–Kier alpha value is -3.92. The number of hydrogen-bond acceptors (Lipinski definition) is 3. The third-order valence-corrected chi connectivity index (χ3v) is 4.52. The lowest BCUT2D eigenvalue weighted by atomic mass is 10.1. The van der Waals surface area contributed by atoms with Crippen LogP contribution in [0.15, 0.2) is 102 Å². The zero-order valence-electron chi connectivity index (χ0n) is 15.8. The standard InChI is InChI=1S/C25H20N2O2/c28-25(27-26-17-20-14-15-21-10-4-5-11-22(21)16-20)23-12-6-7-13-24(23)29-18-19-8-2-1-3-9-19/h1-17H,18H2,(H,27,28). The molecule has 0 fully saturated rings. The number of amides is 1. The number of benzene rings is 4. The van der Waals surface area contributed by atoms with Crippen LogP contribution in [0, 0.1) is 0 Å². The summed E-state index contributed by atoms with van der Waals surface area (Å²) in [6.07, 6.45) is 1.64. The van der Waals surface area contributed by atoms with Gasteiger partial charge >= 0.3 is 0 Å². The molecule has 0 bridgehead atoms. The first-order valence-corrected chi connectivity index (χ1v) is 9.37. The quantitative estimate of drug-likeness (QED) is 0.370. The fourth-order valence-electron chi connectivity index (χ4n) is 3.03. The molecule has 0 saturated heterocycles. The van der Waals surface area contributed by atoms with Crippen molar-refractivity contribution in [3.63, 3.8) is 0 Å². The van der Waals surface area contributed by atoms with Crippen LogP contribution in [0.4, 0.5) is 0 Å². The summed E-state index contributed by atoms with van der Waals surface area (Å²) in [5, 5.41) is 6.40. The fourth-order valence-corrected chi connectivity index (χ4v) is 3.03. The molecule has 0 atom stereocenters. The van der Waals surface area contributed by atoms with Crippen LogP contribution in [0.5, 0.6) is 5.75 Å². The number of ether oxygens (including phenoxy) is 1. The molecule has 4 heteroatoms. The zero-order chi connectivity index (χ0) is 19.9. The molecule has 0 aromatic heterocycles. The third kappa shape index (κ3) is 4.68. The lowest BCUT2D eigenvalue weighted by molar-refractivity contribution is 0.0950. The summed E-state index contributed by atoms with van der Waals surface area (Å²) < 4.78 is 5.84. The Bertz CT molecular complexity index is 1150. The van der Waals surface area contributed by atoms with E-state index in [9.17, 15) is 4.79 Å². The van der Waals surface area contributed by atoms with Crippen molar-refractivity contribution in [2.45, 2.75) is 6.61 Å². The van der Waals surface area contributed by atoms with Crippen LogP contribution >= 0.6 is 0 Å². The van der Waals surface area contributed by atoms with Crippen LogP contribution in [0.1, 0.15) is 21.5 Å². The summed E-state index contributed by atoms with van der Waals surface area (Å²) in [4.78, 5) is 12.6. The van der Waals surface area contributed by atoms with E-state index in [-0.39, 0.29) is 5.91 Å². The highest BCUT2D eigenvalue weighted by Crippen LogP contribution is 2.19. The molecule has 0 saturated carbocycles. The van der Waals surface area contributed by atoms with E-state index in [1.807, 2.05) is 72.8 Å². The van der Waals surface area contributed by atoms with Crippen molar-refractivity contribution in [2.24, 2.45) is 5.10 Å². The molecule has 0 heterocycles. The summed E-state index contributed by atoms with van der Waals surface area (Å²) in [6.45, 7) is 0.394. The van der Waals surface area contributed by atoms with E-state index in [2.05, 4.69) is 16.6 Å². The average Bonchev–Trinajstić information content (AvgIpc) is 2.78. The van der Waals surface area contributed by atoms with Gasteiger partial charge in [-0.1, -0.05) is 78.9 Å². The van der Waals surface area contributed by atoms with E-state index < -0.39 is 0 Å². The zero-order valence-corrected chi connectivity index (χ0v) is 15.8. The number of rotatable bonds is 6. The van der Waals surface area contributed by atoms with Crippen molar-refractivity contribution in [3.8, 4) is 5.75 Å². The maximum atomic E-state index is 12.6. The number of nitrogens with zero attached hydrogens (tertiary/aromatic N) is 1. The van der Waals surface area contributed by atoms with Crippen molar-refractivity contribution in [1.29, 1.82) is 0 Å². The number of carbonyl (C=O) groups is 1. The summed E-state index contributed by atoms with van der Waals surface area (Å²) in [7, 11) is 0. The Labute approximate surface area is 169 Å². The number of carbonyl (C=O) groups excluding carboxylic acids is 1. The molecular formula is C25H20N2O2. The SMILES string of the molecule is O=C(NN=Cc1ccc2ccccc2c1)c1ccccc1OCc1ccccc1. The Morgan fingerprint density at radius 2 is 1.55 bits per heavy atom. The fraction of sp³-hybridized carbons (Fsp3) is 0.0400. The molecule has 1 N–H and O–H groups in total. The molecule has 0 unspecified atom stereocenters. The highest BCUT2D eigenvalue weighted by atomic mass is 16.5. The number of hydrogen-bond donors (Lipinski definition) is 1. The highest BCUT2D eigenvalue weighted by molar-refractivity contribution is 5.97. The number of fused-ring (bicyclic) bond motifs is 1. The van der Waals surface area contributed by atoms with Crippen LogP contribution in [0.2, 0.25) is 0 Å². The van der Waals surface area contributed by atoms with Crippen LogP contribution < -0.4 is 10.2 Å². The maximum absolute atomic E-state index is 12.6. The van der Waals surface area contributed by atoms with Gasteiger partial charge in [0, 0.05) is 0 Å². The van der Waals surface area contributed by atoms with Gasteiger partial charge in [-0.25, -0.2) is 5.43 Å². The van der Waals surface area contributed by atoms with Crippen LogP contribution in [0.3, 0.4) is 0 Å². The van der Waals surface area contributed by atoms with Gasteiger partial charge in [0.05, 0.1) is 11.8 Å². The second-order valence-electron chi connectivity index (χ2n) is 6.58. The van der Waals surface area contributed by atoms with Crippen LogP contribution in [-0.2, 0) is 6.61 Å². The van der Waals surface area contributed by atoms with E-state index in [0.29, 0.717) is 17.9 Å². The molecule has 0 spiro atoms. The van der Waals surface area contributed by atoms with Crippen molar-refractivity contribution in [2.75, 3.05) is 0 Å². The molecule has 4 rings (SSSR count). The molecule has 1 amide bonds. The molecule has 0 aliphatic heterocycles. The first kappa shape index (κ1) is 18.4. The second-order valence-corrected chi connectivity index (χ2v) is 6.58. The topological polar surface area (TPSA) is 50.7 Å². The minimum absolute atomic E-state index is 0.314. The minimum atomic E-state index is -0.314. The third-order valence-electron chi connectivity index (χ3n) is 4.52. The number of para-hydroxylation sites is 1. The largest absolute Gasteiger partial charge is 0.488 e. The van der Waals surface area contributed by atoms with Crippen molar-refractivity contribution >= 4 is 22.9 Å². The molecule has 4 aromatic rings. The molecule has 0 aliphatic carbocycles. The molecular weight excluding hydrogens is 360 g/mol. The maximum Gasteiger partial charge on any atom is 0.275 e. The predicted molar refractivity (Wildman–Crippen MR) is 116 cm³/mol. The monoisotopic (exact) mass is 380 g/mol. The summed E-state index contributed by atoms with van der Waals surface area (Å²) in [6, 6.07) is 31.1. The smallest absolute Gasteiger partial charge is 0.275 e. The molecule has 4 nitrogen and oxygen atoms in total. The number of nitrogens with one attached hydrogen (secondary N) is 1. The second kappa shape index (κ2) is 8.85. The van der Waals surface area contributed by atoms with Gasteiger partial charge in [-0.3, -0.25) is 4.79 Å². The first-order chi connectivity index (χ1) is 14.3. The van der Waals surface area contributed by atoms with E-state index in [4.69, 9.17) is 4.74 Å².